The summed E-state index contributed by atoms with van der Waals surface area (Å²) in [6.07, 6.45) is 1.26. The summed E-state index contributed by atoms with van der Waals surface area (Å²) >= 11 is 1.22. The van der Waals surface area contributed by atoms with E-state index in [1.54, 1.807) is 13.0 Å². The monoisotopic (exact) mass is 481 g/mol. The lowest BCUT2D eigenvalue weighted by Gasteiger charge is -2.09. The Hall–Kier alpha value is -4.25. The molecule has 0 radical (unpaired) electrons. The van der Waals surface area contributed by atoms with Crippen molar-refractivity contribution in [3.63, 3.8) is 0 Å². The van der Waals surface area contributed by atoms with Crippen molar-refractivity contribution in [2.24, 2.45) is 5.73 Å². The Balaban J connectivity index is 1.44. The molecule has 0 saturated carbocycles. The van der Waals surface area contributed by atoms with Gasteiger partial charge in [-0.05, 0) is 48.9 Å². The summed E-state index contributed by atoms with van der Waals surface area (Å²) in [5, 5.41) is 2.98. The number of carbonyl (C=O) groups is 2. The molecule has 0 fully saturated rings. The number of nitrogens with one attached hydrogen (secondary N) is 1. The number of hydrogen-bond acceptors (Lipinski definition) is 7. The molecule has 0 aliphatic heterocycles. The van der Waals surface area contributed by atoms with Crippen molar-refractivity contribution in [2.75, 3.05) is 5.32 Å². The minimum atomic E-state index is -0.759. The van der Waals surface area contributed by atoms with Crippen LogP contribution in [0.3, 0.4) is 0 Å². The lowest BCUT2D eigenvalue weighted by molar-refractivity contribution is -0.115. The molecule has 172 valence electrons. The predicted octanol–water partition coefficient (Wildman–Crippen LogP) is 4.26. The largest absolute Gasteiger partial charge is 0.435 e. The van der Waals surface area contributed by atoms with Crippen molar-refractivity contribution in [3.8, 4) is 23.0 Å². The van der Waals surface area contributed by atoms with Crippen molar-refractivity contribution >= 4 is 28.3 Å². The van der Waals surface area contributed by atoms with Crippen molar-refractivity contribution in [1.82, 2.24) is 15.0 Å². The van der Waals surface area contributed by atoms with Gasteiger partial charge in [0.1, 0.15) is 11.3 Å². The van der Waals surface area contributed by atoms with E-state index >= 15 is 0 Å². The van der Waals surface area contributed by atoms with Crippen molar-refractivity contribution in [3.05, 3.63) is 82.5 Å². The lowest BCUT2D eigenvalue weighted by atomic mass is 10.1. The molecule has 0 aliphatic carbocycles. The SMILES string of the molecule is Cc1sc(NC(=O)Cc2ccc(Oc3ncccc3C(N)=O)c(F)c2)nc1-c1cccc(F)n1. The Morgan fingerprint density at radius 1 is 1.12 bits per heavy atom. The van der Waals surface area contributed by atoms with E-state index in [2.05, 4.69) is 20.3 Å². The van der Waals surface area contributed by atoms with Crippen LogP contribution in [0.15, 0.2) is 54.7 Å². The molecule has 0 bridgehead atoms. The molecule has 2 amide bonds. The summed E-state index contributed by atoms with van der Waals surface area (Å²) in [6.45, 7) is 1.79. The lowest BCUT2D eigenvalue weighted by Crippen LogP contribution is -2.14. The smallest absolute Gasteiger partial charge is 0.254 e. The molecule has 34 heavy (non-hydrogen) atoms. The molecule has 0 unspecified atom stereocenters. The van der Waals surface area contributed by atoms with Gasteiger partial charge in [-0.25, -0.2) is 19.3 Å². The van der Waals surface area contributed by atoms with E-state index in [9.17, 15) is 18.4 Å². The van der Waals surface area contributed by atoms with Crippen LogP contribution < -0.4 is 15.8 Å². The summed E-state index contributed by atoms with van der Waals surface area (Å²) in [5.41, 5.74) is 6.51. The van der Waals surface area contributed by atoms with Crippen LogP contribution in [0.4, 0.5) is 13.9 Å². The molecule has 1 aromatic carbocycles. The van der Waals surface area contributed by atoms with E-state index in [-0.39, 0.29) is 23.6 Å². The number of aryl methyl sites for hydroxylation is 1. The highest BCUT2D eigenvalue weighted by Crippen LogP contribution is 2.30. The average molecular weight is 481 g/mol. The number of pyridine rings is 2. The third-order valence-corrected chi connectivity index (χ3v) is 5.49. The Kier molecular flexibility index (Phi) is 6.55. The van der Waals surface area contributed by atoms with E-state index < -0.39 is 23.6 Å². The van der Waals surface area contributed by atoms with Gasteiger partial charge < -0.3 is 15.8 Å². The maximum atomic E-state index is 14.6. The standard InChI is InChI=1S/C23H17F2N5O3S/c1-12-20(16-5-2-6-18(25)28-16)30-23(34-12)29-19(31)11-13-7-8-17(15(24)10-13)33-22-14(21(26)32)4-3-9-27-22/h2-10H,11H2,1H3,(H2,26,32)(H,29,30,31). The van der Waals surface area contributed by atoms with Gasteiger partial charge in [-0.3, -0.25) is 9.59 Å². The highest BCUT2D eigenvalue weighted by Gasteiger charge is 2.16. The third kappa shape index (κ3) is 5.21. The number of nitrogens with two attached hydrogens (primary N) is 1. The van der Waals surface area contributed by atoms with Crippen molar-refractivity contribution < 1.29 is 23.1 Å². The zero-order chi connectivity index (χ0) is 24.2. The first-order valence-electron chi connectivity index (χ1n) is 9.91. The number of thiazole rings is 1. The molecule has 0 saturated heterocycles. The van der Waals surface area contributed by atoms with Gasteiger partial charge in [0.15, 0.2) is 16.7 Å². The van der Waals surface area contributed by atoms with Crippen LogP contribution in [0.2, 0.25) is 0 Å². The number of benzene rings is 1. The van der Waals surface area contributed by atoms with E-state index in [1.807, 2.05) is 0 Å². The summed E-state index contributed by atoms with van der Waals surface area (Å²) < 4.78 is 33.4. The minimum absolute atomic E-state index is 0.0110. The van der Waals surface area contributed by atoms with Crippen LogP contribution in [0.1, 0.15) is 20.8 Å². The van der Waals surface area contributed by atoms with Gasteiger partial charge in [0.2, 0.25) is 17.7 Å². The van der Waals surface area contributed by atoms with Crippen LogP contribution in [-0.4, -0.2) is 26.8 Å². The number of hydrogen-bond donors (Lipinski definition) is 2. The van der Waals surface area contributed by atoms with E-state index in [4.69, 9.17) is 10.5 Å². The number of halogens is 2. The summed E-state index contributed by atoms with van der Waals surface area (Å²) in [4.78, 5) is 36.7. The molecular formula is C23H17F2N5O3S. The fourth-order valence-electron chi connectivity index (χ4n) is 3.08. The van der Waals surface area contributed by atoms with Gasteiger partial charge in [-0.2, -0.15) is 4.39 Å². The average Bonchev–Trinajstić information content (AvgIpc) is 3.15. The van der Waals surface area contributed by atoms with Gasteiger partial charge in [-0.1, -0.05) is 12.1 Å². The maximum absolute atomic E-state index is 14.6. The van der Waals surface area contributed by atoms with E-state index in [0.29, 0.717) is 22.1 Å². The number of amides is 2. The second kappa shape index (κ2) is 9.71. The van der Waals surface area contributed by atoms with Gasteiger partial charge >= 0.3 is 0 Å². The highest BCUT2D eigenvalue weighted by molar-refractivity contribution is 7.16. The van der Waals surface area contributed by atoms with Crippen LogP contribution >= 0.6 is 11.3 Å². The van der Waals surface area contributed by atoms with Crippen molar-refractivity contribution in [2.45, 2.75) is 13.3 Å². The molecule has 8 nitrogen and oxygen atoms in total. The quantitative estimate of drug-likeness (QED) is 0.381. The number of nitrogens with zero attached hydrogens (tertiary/aromatic N) is 3. The van der Waals surface area contributed by atoms with Crippen LogP contribution in [0.25, 0.3) is 11.4 Å². The second-order valence-electron chi connectivity index (χ2n) is 7.08. The Bertz CT molecular complexity index is 1390. The zero-order valence-corrected chi connectivity index (χ0v) is 18.5. The highest BCUT2D eigenvalue weighted by atomic mass is 32.1. The number of primary amides is 1. The Morgan fingerprint density at radius 2 is 1.94 bits per heavy atom. The summed E-state index contributed by atoms with van der Waals surface area (Å²) in [6, 6.07) is 11.3. The molecule has 3 aromatic heterocycles. The van der Waals surface area contributed by atoms with Gasteiger partial charge in [0.25, 0.3) is 5.91 Å². The van der Waals surface area contributed by atoms with Gasteiger partial charge in [0, 0.05) is 11.1 Å². The van der Waals surface area contributed by atoms with E-state index in [0.717, 1.165) is 10.9 Å². The topological polar surface area (TPSA) is 120 Å². The first kappa shape index (κ1) is 22.9. The minimum Gasteiger partial charge on any atom is -0.435 e. The predicted molar refractivity (Wildman–Crippen MR) is 122 cm³/mol. The Labute approximate surface area is 196 Å². The molecular weight excluding hydrogens is 464 g/mol. The molecule has 11 heteroatoms. The third-order valence-electron chi connectivity index (χ3n) is 4.60. The fraction of sp³-hybridized carbons (Fsp3) is 0.0870. The molecule has 4 aromatic rings. The van der Waals surface area contributed by atoms with E-state index in [1.165, 1.54) is 53.9 Å². The molecule has 0 atom stereocenters. The summed E-state index contributed by atoms with van der Waals surface area (Å²) in [7, 11) is 0. The Morgan fingerprint density at radius 3 is 2.68 bits per heavy atom. The zero-order valence-electron chi connectivity index (χ0n) is 17.7. The number of rotatable bonds is 7. The van der Waals surface area contributed by atoms with Gasteiger partial charge in [0.05, 0.1) is 12.1 Å². The summed E-state index contributed by atoms with van der Waals surface area (Å²) in [5.74, 6) is -2.84. The molecule has 4 rings (SSSR count). The number of ether oxygens (including phenoxy) is 1. The van der Waals surface area contributed by atoms with Crippen LogP contribution in [-0.2, 0) is 11.2 Å². The number of aromatic nitrogens is 3. The molecule has 0 aliphatic rings. The molecule has 0 spiro atoms. The number of anilines is 1. The van der Waals surface area contributed by atoms with Crippen LogP contribution in [0.5, 0.6) is 11.6 Å². The van der Waals surface area contributed by atoms with Gasteiger partial charge in [-0.15, -0.1) is 11.3 Å². The fourth-order valence-corrected chi connectivity index (χ4v) is 3.92. The maximum Gasteiger partial charge on any atom is 0.254 e. The first-order chi connectivity index (χ1) is 16.3. The normalized spacial score (nSPS) is 10.7. The second-order valence-corrected chi connectivity index (χ2v) is 8.28. The molecule has 3 N–H and O–H groups in total. The van der Waals surface area contributed by atoms with Crippen LogP contribution in [0, 0.1) is 18.7 Å². The van der Waals surface area contributed by atoms with Crippen molar-refractivity contribution in [1.29, 1.82) is 0 Å². The molecule has 3 heterocycles. The number of carbonyl (C=O) groups excluding carboxylic acids is 2. The first-order valence-corrected chi connectivity index (χ1v) is 10.7.